The molecule has 0 aliphatic heterocycles. The van der Waals surface area contributed by atoms with Crippen molar-refractivity contribution in [1.82, 2.24) is 5.32 Å². The number of nitrogens with two attached hydrogens (primary N) is 1. The Labute approximate surface area is 98.0 Å². The lowest BCUT2D eigenvalue weighted by atomic mass is 10.1. The molecule has 0 spiro atoms. The van der Waals surface area contributed by atoms with E-state index >= 15 is 0 Å². The number of methoxy groups -OCH3 is 1. The van der Waals surface area contributed by atoms with Crippen molar-refractivity contribution in [2.45, 2.75) is 32.9 Å². The van der Waals surface area contributed by atoms with Gasteiger partial charge in [-0.3, -0.25) is 0 Å². The molecule has 0 aliphatic rings. The van der Waals surface area contributed by atoms with E-state index in [0.717, 1.165) is 25.3 Å². The maximum absolute atomic E-state index is 5.51. The van der Waals surface area contributed by atoms with E-state index in [1.165, 1.54) is 11.1 Å². The van der Waals surface area contributed by atoms with Crippen LogP contribution in [0.15, 0.2) is 18.2 Å². The van der Waals surface area contributed by atoms with Crippen LogP contribution in [0.4, 0.5) is 0 Å². The lowest BCUT2D eigenvalue weighted by Crippen LogP contribution is -2.28. The number of rotatable bonds is 6. The van der Waals surface area contributed by atoms with Gasteiger partial charge < -0.3 is 15.8 Å². The molecule has 16 heavy (non-hydrogen) atoms. The second kappa shape index (κ2) is 6.51. The SMILES string of the molecule is COc1ccc(C)cc1CNC(C)CCN. The van der Waals surface area contributed by atoms with Crippen LogP contribution in [0, 0.1) is 6.92 Å². The van der Waals surface area contributed by atoms with Crippen LogP contribution in [-0.2, 0) is 6.54 Å². The predicted molar refractivity (Wildman–Crippen MR) is 67.7 cm³/mol. The molecule has 0 amide bonds. The number of hydrogen-bond acceptors (Lipinski definition) is 3. The third kappa shape index (κ3) is 3.83. The van der Waals surface area contributed by atoms with Gasteiger partial charge in [-0.15, -0.1) is 0 Å². The smallest absolute Gasteiger partial charge is 0.123 e. The van der Waals surface area contributed by atoms with Gasteiger partial charge in [0.25, 0.3) is 0 Å². The number of ether oxygens (including phenoxy) is 1. The van der Waals surface area contributed by atoms with Crippen LogP contribution in [0.1, 0.15) is 24.5 Å². The largest absolute Gasteiger partial charge is 0.496 e. The molecule has 0 heterocycles. The van der Waals surface area contributed by atoms with Gasteiger partial charge in [0.15, 0.2) is 0 Å². The zero-order valence-electron chi connectivity index (χ0n) is 10.4. The maximum atomic E-state index is 5.51. The van der Waals surface area contributed by atoms with E-state index in [-0.39, 0.29) is 0 Å². The van der Waals surface area contributed by atoms with Crippen molar-refractivity contribution in [3.05, 3.63) is 29.3 Å². The monoisotopic (exact) mass is 222 g/mol. The highest BCUT2D eigenvalue weighted by atomic mass is 16.5. The van der Waals surface area contributed by atoms with Gasteiger partial charge in [0.1, 0.15) is 5.75 Å². The first kappa shape index (κ1) is 13.0. The Morgan fingerprint density at radius 2 is 2.19 bits per heavy atom. The van der Waals surface area contributed by atoms with Crippen molar-refractivity contribution in [1.29, 1.82) is 0 Å². The van der Waals surface area contributed by atoms with Crippen LogP contribution in [0.3, 0.4) is 0 Å². The van der Waals surface area contributed by atoms with Gasteiger partial charge in [0.2, 0.25) is 0 Å². The number of aryl methyl sites for hydroxylation is 1. The van der Waals surface area contributed by atoms with Crippen LogP contribution < -0.4 is 15.8 Å². The summed E-state index contributed by atoms with van der Waals surface area (Å²) in [5, 5.41) is 3.44. The summed E-state index contributed by atoms with van der Waals surface area (Å²) in [5.41, 5.74) is 7.97. The molecule has 0 saturated carbocycles. The molecule has 0 bridgehead atoms. The normalized spacial score (nSPS) is 12.5. The van der Waals surface area contributed by atoms with Crippen molar-refractivity contribution in [3.63, 3.8) is 0 Å². The fraction of sp³-hybridized carbons (Fsp3) is 0.538. The molecule has 1 unspecified atom stereocenters. The van der Waals surface area contributed by atoms with Gasteiger partial charge in [-0.1, -0.05) is 17.7 Å². The minimum Gasteiger partial charge on any atom is -0.496 e. The Kier molecular flexibility index (Phi) is 5.29. The van der Waals surface area contributed by atoms with E-state index in [9.17, 15) is 0 Å². The Morgan fingerprint density at radius 3 is 2.81 bits per heavy atom. The minimum atomic E-state index is 0.440. The summed E-state index contributed by atoms with van der Waals surface area (Å²) in [6.45, 7) is 5.78. The number of benzene rings is 1. The van der Waals surface area contributed by atoms with Crippen LogP contribution >= 0.6 is 0 Å². The highest BCUT2D eigenvalue weighted by Crippen LogP contribution is 2.19. The minimum absolute atomic E-state index is 0.440. The first-order valence-corrected chi connectivity index (χ1v) is 5.74. The van der Waals surface area contributed by atoms with E-state index in [4.69, 9.17) is 10.5 Å². The molecule has 1 rings (SSSR count). The summed E-state index contributed by atoms with van der Waals surface area (Å²) >= 11 is 0. The molecule has 0 fully saturated rings. The molecule has 3 heteroatoms. The molecule has 3 nitrogen and oxygen atoms in total. The highest BCUT2D eigenvalue weighted by molar-refractivity contribution is 5.36. The fourth-order valence-electron chi connectivity index (χ4n) is 1.68. The lowest BCUT2D eigenvalue weighted by Gasteiger charge is -2.15. The van der Waals surface area contributed by atoms with Gasteiger partial charge >= 0.3 is 0 Å². The van der Waals surface area contributed by atoms with Crippen LogP contribution in [0.25, 0.3) is 0 Å². The first-order chi connectivity index (χ1) is 7.67. The van der Waals surface area contributed by atoms with Crippen molar-refractivity contribution in [3.8, 4) is 5.75 Å². The summed E-state index contributed by atoms with van der Waals surface area (Å²) < 4.78 is 5.33. The second-order valence-electron chi connectivity index (χ2n) is 4.17. The molecular formula is C13H22N2O. The van der Waals surface area contributed by atoms with Crippen LogP contribution in [0.2, 0.25) is 0 Å². The quantitative estimate of drug-likeness (QED) is 0.772. The Bertz CT molecular complexity index is 326. The molecular weight excluding hydrogens is 200 g/mol. The van der Waals surface area contributed by atoms with E-state index in [0.29, 0.717) is 6.04 Å². The molecule has 0 radical (unpaired) electrons. The van der Waals surface area contributed by atoms with Crippen LogP contribution in [-0.4, -0.2) is 19.7 Å². The predicted octanol–water partition coefficient (Wildman–Crippen LogP) is 1.83. The molecule has 1 aromatic rings. The fourth-order valence-corrected chi connectivity index (χ4v) is 1.68. The molecule has 3 N–H and O–H groups in total. The van der Waals surface area contributed by atoms with Gasteiger partial charge in [-0.25, -0.2) is 0 Å². The van der Waals surface area contributed by atoms with Gasteiger partial charge in [-0.05, 0) is 32.9 Å². The standard InChI is InChI=1S/C13H22N2O/c1-10-4-5-13(16-3)12(8-10)9-15-11(2)6-7-14/h4-5,8,11,15H,6-7,9,14H2,1-3H3. The van der Waals surface area contributed by atoms with E-state index in [2.05, 4.69) is 31.3 Å². The summed E-state index contributed by atoms with van der Waals surface area (Å²) in [6.07, 6.45) is 0.994. The zero-order valence-corrected chi connectivity index (χ0v) is 10.4. The van der Waals surface area contributed by atoms with E-state index in [1.54, 1.807) is 7.11 Å². The Hall–Kier alpha value is -1.06. The average molecular weight is 222 g/mol. The number of nitrogens with one attached hydrogen (secondary N) is 1. The zero-order chi connectivity index (χ0) is 12.0. The van der Waals surface area contributed by atoms with Crippen molar-refractivity contribution in [2.75, 3.05) is 13.7 Å². The molecule has 90 valence electrons. The maximum Gasteiger partial charge on any atom is 0.123 e. The van der Waals surface area contributed by atoms with Gasteiger partial charge in [0.05, 0.1) is 7.11 Å². The number of hydrogen-bond donors (Lipinski definition) is 2. The summed E-state index contributed by atoms with van der Waals surface area (Å²) in [6, 6.07) is 6.67. The molecule has 0 aliphatic carbocycles. The average Bonchev–Trinajstić information content (AvgIpc) is 2.27. The van der Waals surface area contributed by atoms with Crippen molar-refractivity contribution < 1.29 is 4.74 Å². The van der Waals surface area contributed by atoms with Crippen molar-refractivity contribution in [2.24, 2.45) is 5.73 Å². The van der Waals surface area contributed by atoms with Gasteiger partial charge in [-0.2, -0.15) is 0 Å². The van der Waals surface area contributed by atoms with Gasteiger partial charge in [0, 0.05) is 18.2 Å². The Morgan fingerprint density at radius 1 is 1.44 bits per heavy atom. The summed E-state index contributed by atoms with van der Waals surface area (Å²) in [7, 11) is 1.71. The lowest BCUT2D eigenvalue weighted by molar-refractivity contribution is 0.405. The molecule has 0 aromatic heterocycles. The van der Waals surface area contributed by atoms with Crippen molar-refractivity contribution >= 4 is 0 Å². The van der Waals surface area contributed by atoms with E-state index in [1.807, 2.05) is 6.07 Å². The molecule has 0 saturated heterocycles. The summed E-state index contributed by atoms with van der Waals surface area (Å²) in [5.74, 6) is 0.943. The first-order valence-electron chi connectivity index (χ1n) is 5.74. The van der Waals surface area contributed by atoms with E-state index < -0.39 is 0 Å². The third-order valence-electron chi connectivity index (χ3n) is 2.68. The third-order valence-corrected chi connectivity index (χ3v) is 2.68. The molecule has 1 atom stereocenters. The Balaban J connectivity index is 2.61. The molecule has 1 aromatic carbocycles. The highest BCUT2D eigenvalue weighted by Gasteiger charge is 2.05. The summed E-state index contributed by atoms with van der Waals surface area (Å²) in [4.78, 5) is 0. The van der Waals surface area contributed by atoms with Crippen LogP contribution in [0.5, 0.6) is 5.75 Å². The topological polar surface area (TPSA) is 47.3 Å². The second-order valence-corrected chi connectivity index (χ2v) is 4.17.